The second-order valence-electron chi connectivity index (χ2n) is 8.72. The van der Waals surface area contributed by atoms with Crippen molar-refractivity contribution in [2.24, 2.45) is 0 Å². The minimum atomic E-state index is -4.33. The lowest BCUT2D eigenvalue weighted by Gasteiger charge is -2.23. The van der Waals surface area contributed by atoms with Crippen molar-refractivity contribution >= 4 is 49.1 Å². The highest BCUT2D eigenvalue weighted by Gasteiger charge is 2.33. The molecule has 0 aliphatic carbocycles. The first-order valence-electron chi connectivity index (χ1n) is 11.4. The van der Waals surface area contributed by atoms with Crippen LogP contribution in [0, 0.1) is 13.8 Å². The van der Waals surface area contributed by atoms with Crippen molar-refractivity contribution in [2.45, 2.75) is 25.7 Å². The molecule has 0 spiro atoms. The highest BCUT2D eigenvalue weighted by Crippen LogP contribution is 2.34. The van der Waals surface area contributed by atoms with E-state index in [1.807, 2.05) is 31.2 Å². The van der Waals surface area contributed by atoms with E-state index in [9.17, 15) is 18.0 Å². The summed E-state index contributed by atoms with van der Waals surface area (Å²) in [4.78, 5) is 26.0. The van der Waals surface area contributed by atoms with Gasteiger partial charge < -0.3 is 4.42 Å². The van der Waals surface area contributed by atoms with Crippen molar-refractivity contribution in [2.75, 3.05) is 4.31 Å². The van der Waals surface area contributed by atoms with Gasteiger partial charge in [-0.2, -0.15) is 4.31 Å². The van der Waals surface area contributed by atoms with Gasteiger partial charge in [-0.3, -0.25) is 9.59 Å². The summed E-state index contributed by atoms with van der Waals surface area (Å²) < 4.78 is 34.6. The second kappa shape index (κ2) is 8.77. The fourth-order valence-electron chi connectivity index (χ4n) is 4.38. The Morgan fingerprint density at radius 1 is 0.806 bits per heavy atom. The van der Waals surface area contributed by atoms with Gasteiger partial charge in [-0.15, -0.1) is 0 Å². The van der Waals surface area contributed by atoms with E-state index in [1.54, 1.807) is 49.4 Å². The number of ketones is 1. The van der Waals surface area contributed by atoms with Gasteiger partial charge in [0.1, 0.15) is 11.3 Å². The molecule has 5 rings (SSSR count). The van der Waals surface area contributed by atoms with Gasteiger partial charge >= 0.3 is 0 Å². The number of nitrogens with zero attached hydrogens (tertiary/aromatic N) is 1. The van der Waals surface area contributed by atoms with E-state index < -0.39 is 15.9 Å². The number of carbonyl (C=O) groups is 2. The molecule has 1 amide bonds. The minimum Gasteiger partial charge on any atom is -0.461 e. The minimum absolute atomic E-state index is 0.0167. The molecule has 180 valence electrons. The Hall–Kier alpha value is -4.23. The molecule has 0 atom stereocenters. The van der Waals surface area contributed by atoms with E-state index in [1.165, 1.54) is 25.1 Å². The van der Waals surface area contributed by atoms with E-state index in [0.29, 0.717) is 22.3 Å². The highest BCUT2D eigenvalue weighted by atomic mass is 32.2. The van der Waals surface area contributed by atoms with Gasteiger partial charge in [0.15, 0.2) is 5.78 Å². The summed E-state index contributed by atoms with van der Waals surface area (Å²) in [6, 6.07) is 23.5. The van der Waals surface area contributed by atoms with Crippen LogP contribution in [0.4, 0.5) is 5.69 Å². The van der Waals surface area contributed by atoms with Crippen LogP contribution in [-0.2, 0) is 10.0 Å². The lowest BCUT2D eigenvalue weighted by Crippen LogP contribution is -2.37. The van der Waals surface area contributed by atoms with Crippen LogP contribution >= 0.6 is 0 Å². The van der Waals surface area contributed by atoms with E-state index >= 15 is 0 Å². The van der Waals surface area contributed by atoms with E-state index in [0.717, 1.165) is 20.6 Å². The standard InChI is InChI=1S/C29H23NO5S/c1-18-8-10-22(11-9-18)29(32)30(24-13-15-27-26(17-24)28(19(2)31)20(3)35-27)36(33,34)25-14-12-21-6-4-5-7-23(21)16-25/h4-17H,1-3H3. The molecule has 0 unspecified atom stereocenters. The molecule has 0 aliphatic rings. The lowest BCUT2D eigenvalue weighted by atomic mass is 10.1. The number of anilines is 1. The van der Waals surface area contributed by atoms with Crippen LogP contribution in [0.2, 0.25) is 0 Å². The summed E-state index contributed by atoms with van der Waals surface area (Å²) in [6.07, 6.45) is 0. The fourth-order valence-corrected chi connectivity index (χ4v) is 5.83. The third-order valence-electron chi connectivity index (χ3n) is 6.18. The summed E-state index contributed by atoms with van der Waals surface area (Å²) in [5, 5.41) is 2.07. The Balaban J connectivity index is 1.74. The Kier molecular flexibility index (Phi) is 5.73. The summed E-state index contributed by atoms with van der Waals surface area (Å²) in [7, 11) is -4.33. The first kappa shape index (κ1) is 23.5. The van der Waals surface area contributed by atoms with Crippen LogP contribution in [-0.4, -0.2) is 20.1 Å². The van der Waals surface area contributed by atoms with Gasteiger partial charge in [-0.1, -0.05) is 48.0 Å². The Morgan fingerprint density at radius 3 is 2.19 bits per heavy atom. The third kappa shape index (κ3) is 3.97. The number of carbonyl (C=O) groups excluding carboxylic acids is 2. The zero-order valence-corrected chi connectivity index (χ0v) is 20.8. The smallest absolute Gasteiger partial charge is 0.272 e. The molecule has 6 nitrogen and oxygen atoms in total. The predicted molar refractivity (Wildman–Crippen MR) is 140 cm³/mol. The number of amides is 1. The van der Waals surface area contributed by atoms with E-state index in [-0.39, 0.29) is 21.9 Å². The van der Waals surface area contributed by atoms with E-state index in [4.69, 9.17) is 4.42 Å². The first-order chi connectivity index (χ1) is 17.2. The molecular weight excluding hydrogens is 474 g/mol. The number of sulfonamides is 1. The Bertz CT molecular complexity index is 1770. The summed E-state index contributed by atoms with van der Waals surface area (Å²) in [5.41, 5.74) is 2.08. The normalized spacial score (nSPS) is 11.6. The molecule has 0 saturated heterocycles. The molecule has 0 radical (unpaired) electrons. The van der Waals surface area contributed by atoms with Crippen molar-refractivity contribution in [3.05, 3.63) is 107 Å². The lowest BCUT2D eigenvalue weighted by molar-refractivity contribution is 0.1000. The summed E-state index contributed by atoms with van der Waals surface area (Å²) in [5.74, 6) is -0.479. The number of furan rings is 1. The quantitative estimate of drug-likeness (QED) is 0.261. The SMILES string of the molecule is CC(=O)c1c(C)oc2ccc(N(C(=O)c3ccc(C)cc3)S(=O)(=O)c3ccc4ccccc4c3)cc12. The maximum atomic E-state index is 14.0. The van der Waals surface area contributed by atoms with Gasteiger partial charge in [0, 0.05) is 10.9 Å². The van der Waals surface area contributed by atoms with Gasteiger partial charge in [0.2, 0.25) is 0 Å². The fraction of sp³-hybridized carbons (Fsp3) is 0.103. The number of hydrogen-bond acceptors (Lipinski definition) is 5. The zero-order valence-electron chi connectivity index (χ0n) is 20.0. The van der Waals surface area contributed by atoms with Crippen molar-refractivity contribution < 1.29 is 22.4 Å². The average Bonchev–Trinajstić information content (AvgIpc) is 3.19. The topological polar surface area (TPSA) is 84.7 Å². The summed E-state index contributed by atoms with van der Waals surface area (Å²) in [6.45, 7) is 4.98. The number of fused-ring (bicyclic) bond motifs is 2. The van der Waals surface area contributed by atoms with Crippen LogP contribution in [0.5, 0.6) is 0 Å². The molecule has 7 heteroatoms. The van der Waals surface area contributed by atoms with Gasteiger partial charge in [-0.05, 0) is 74.0 Å². The average molecular weight is 498 g/mol. The van der Waals surface area contributed by atoms with Crippen molar-refractivity contribution in [3.63, 3.8) is 0 Å². The molecule has 5 aromatic rings. The first-order valence-corrected chi connectivity index (χ1v) is 12.8. The maximum Gasteiger partial charge on any atom is 0.272 e. The predicted octanol–water partition coefficient (Wildman–Crippen LogP) is 6.44. The van der Waals surface area contributed by atoms with Crippen molar-refractivity contribution in [1.82, 2.24) is 0 Å². The van der Waals surface area contributed by atoms with Crippen molar-refractivity contribution in [3.8, 4) is 0 Å². The van der Waals surface area contributed by atoms with Gasteiger partial charge in [0.05, 0.1) is 16.1 Å². The number of benzene rings is 4. The van der Waals surface area contributed by atoms with Crippen LogP contribution in [0.15, 0.2) is 94.2 Å². The van der Waals surface area contributed by atoms with Gasteiger partial charge in [0.25, 0.3) is 15.9 Å². The molecular formula is C29H23NO5S. The molecule has 0 fully saturated rings. The third-order valence-corrected chi connectivity index (χ3v) is 7.88. The molecule has 36 heavy (non-hydrogen) atoms. The highest BCUT2D eigenvalue weighted by molar-refractivity contribution is 7.93. The van der Waals surface area contributed by atoms with Crippen LogP contribution in [0.1, 0.15) is 39.0 Å². The largest absolute Gasteiger partial charge is 0.461 e. The Morgan fingerprint density at radius 2 is 1.50 bits per heavy atom. The molecule has 1 heterocycles. The molecule has 0 aliphatic heterocycles. The zero-order chi connectivity index (χ0) is 25.6. The molecule has 0 saturated carbocycles. The molecule has 1 aromatic heterocycles. The molecule has 0 N–H and O–H groups in total. The van der Waals surface area contributed by atoms with Crippen LogP contribution < -0.4 is 4.31 Å². The number of rotatable bonds is 5. The number of aryl methyl sites for hydroxylation is 2. The van der Waals surface area contributed by atoms with Gasteiger partial charge in [-0.25, -0.2) is 8.42 Å². The van der Waals surface area contributed by atoms with Crippen molar-refractivity contribution in [1.29, 1.82) is 0 Å². The Labute approximate surface area is 208 Å². The monoisotopic (exact) mass is 497 g/mol. The summed E-state index contributed by atoms with van der Waals surface area (Å²) >= 11 is 0. The van der Waals surface area contributed by atoms with Crippen LogP contribution in [0.25, 0.3) is 21.7 Å². The van der Waals surface area contributed by atoms with E-state index in [2.05, 4.69) is 0 Å². The maximum absolute atomic E-state index is 14.0. The number of Topliss-reactive ketones (excluding diaryl/α,β-unsaturated/α-hetero) is 1. The molecule has 0 bridgehead atoms. The molecule has 4 aromatic carbocycles. The second-order valence-corrected chi connectivity index (χ2v) is 10.5. The number of hydrogen-bond donors (Lipinski definition) is 0. The van der Waals surface area contributed by atoms with Crippen LogP contribution in [0.3, 0.4) is 0 Å².